The van der Waals surface area contributed by atoms with Gasteiger partial charge in [0.25, 0.3) is 0 Å². The minimum absolute atomic E-state index is 0.0820. The monoisotopic (exact) mass is 240 g/mol. The molecule has 0 radical (unpaired) electrons. The summed E-state index contributed by atoms with van der Waals surface area (Å²) in [6.45, 7) is 3.35. The first kappa shape index (κ1) is 14.5. The zero-order valence-corrected chi connectivity index (χ0v) is 10.9. The standard InChI is InChI=1S/C9H21O3PS/c1-4-5-6-7-8-11-13(10,14)12-9(2)3/h9H,4-8H2,1-3H3,(H,10,14). The maximum absolute atomic E-state index is 9.52. The Morgan fingerprint density at radius 3 is 2.43 bits per heavy atom. The number of hydrogen-bond donors (Lipinski definition) is 1. The van der Waals surface area contributed by atoms with Gasteiger partial charge in [-0.25, -0.2) is 0 Å². The average molecular weight is 240 g/mol. The summed E-state index contributed by atoms with van der Waals surface area (Å²) < 4.78 is 10.2. The van der Waals surface area contributed by atoms with Crippen molar-refractivity contribution >= 4 is 18.5 Å². The molecule has 1 unspecified atom stereocenters. The summed E-state index contributed by atoms with van der Waals surface area (Å²) >= 11 is 4.82. The van der Waals surface area contributed by atoms with Crippen LogP contribution in [0.3, 0.4) is 0 Å². The van der Waals surface area contributed by atoms with Crippen molar-refractivity contribution in [2.45, 2.75) is 52.6 Å². The van der Waals surface area contributed by atoms with Crippen LogP contribution in [0.15, 0.2) is 0 Å². The fourth-order valence-electron chi connectivity index (χ4n) is 1.01. The summed E-state index contributed by atoms with van der Waals surface area (Å²) in [5, 5.41) is 0. The molecule has 0 amide bonds. The molecule has 3 nitrogen and oxygen atoms in total. The van der Waals surface area contributed by atoms with E-state index in [0.29, 0.717) is 6.61 Å². The highest BCUT2D eigenvalue weighted by atomic mass is 32.5. The van der Waals surface area contributed by atoms with Crippen LogP contribution in [0.2, 0.25) is 0 Å². The topological polar surface area (TPSA) is 38.7 Å². The molecular weight excluding hydrogens is 219 g/mol. The zero-order chi connectivity index (χ0) is 11.0. The molecule has 0 aromatic heterocycles. The minimum Gasteiger partial charge on any atom is -0.324 e. The van der Waals surface area contributed by atoms with Crippen molar-refractivity contribution in [3.63, 3.8) is 0 Å². The first-order chi connectivity index (χ1) is 6.48. The van der Waals surface area contributed by atoms with Crippen molar-refractivity contribution in [1.29, 1.82) is 0 Å². The molecular formula is C9H21O3PS. The van der Waals surface area contributed by atoms with E-state index in [1.165, 1.54) is 12.8 Å². The van der Waals surface area contributed by atoms with Crippen LogP contribution in [-0.4, -0.2) is 17.6 Å². The van der Waals surface area contributed by atoms with Gasteiger partial charge in [0.15, 0.2) is 0 Å². The second-order valence-corrected chi connectivity index (χ2v) is 6.31. The number of hydrogen-bond acceptors (Lipinski definition) is 3. The molecule has 1 atom stereocenters. The Labute approximate surface area is 92.1 Å². The molecule has 86 valence electrons. The second-order valence-electron chi connectivity index (χ2n) is 3.52. The van der Waals surface area contributed by atoms with Gasteiger partial charge in [-0.15, -0.1) is 0 Å². The largest absolute Gasteiger partial charge is 0.324 e. The van der Waals surface area contributed by atoms with Crippen LogP contribution >= 0.6 is 6.72 Å². The van der Waals surface area contributed by atoms with E-state index < -0.39 is 6.72 Å². The van der Waals surface area contributed by atoms with E-state index in [2.05, 4.69) is 6.92 Å². The van der Waals surface area contributed by atoms with Crippen molar-refractivity contribution < 1.29 is 13.9 Å². The molecule has 14 heavy (non-hydrogen) atoms. The molecule has 0 fully saturated rings. The Bertz CT molecular complexity index is 185. The third-order valence-corrected chi connectivity index (χ3v) is 3.37. The summed E-state index contributed by atoms with van der Waals surface area (Å²) in [7, 11) is 0. The number of rotatable bonds is 8. The van der Waals surface area contributed by atoms with Gasteiger partial charge in [0.1, 0.15) is 0 Å². The maximum Gasteiger partial charge on any atom is 0.324 e. The van der Waals surface area contributed by atoms with Crippen molar-refractivity contribution in [3.05, 3.63) is 0 Å². The highest BCUT2D eigenvalue weighted by Crippen LogP contribution is 2.44. The summed E-state index contributed by atoms with van der Waals surface area (Å²) in [4.78, 5) is 9.52. The van der Waals surface area contributed by atoms with Crippen LogP contribution in [0, 0.1) is 0 Å². The molecule has 0 rings (SSSR count). The highest BCUT2D eigenvalue weighted by molar-refractivity contribution is 8.07. The molecule has 1 N–H and O–H groups in total. The Morgan fingerprint density at radius 1 is 1.29 bits per heavy atom. The van der Waals surface area contributed by atoms with Crippen LogP contribution in [-0.2, 0) is 20.9 Å². The predicted octanol–water partition coefficient (Wildman–Crippen LogP) is 3.23. The first-order valence-electron chi connectivity index (χ1n) is 5.13. The van der Waals surface area contributed by atoms with E-state index in [1.54, 1.807) is 0 Å². The van der Waals surface area contributed by atoms with Gasteiger partial charge < -0.3 is 13.9 Å². The fourth-order valence-corrected chi connectivity index (χ4v) is 2.70. The molecule has 0 aliphatic heterocycles. The maximum atomic E-state index is 9.52. The minimum atomic E-state index is -2.96. The lowest BCUT2D eigenvalue weighted by Crippen LogP contribution is -2.03. The summed E-state index contributed by atoms with van der Waals surface area (Å²) in [5.41, 5.74) is 0. The quantitative estimate of drug-likeness (QED) is 0.522. The Balaban J connectivity index is 3.51. The molecule has 0 bridgehead atoms. The lowest BCUT2D eigenvalue weighted by molar-refractivity contribution is 0.160. The third-order valence-electron chi connectivity index (χ3n) is 1.60. The summed E-state index contributed by atoms with van der Waals surface area (Å²) in [6.07, 6.45) is 4.36. The Morgan fingerprint density at radius 2 is 1.93 bits per heavy atom. The third kappa shape index (κ3) is 9.10. The summed E-state index contributed by atoms with van der Waals surface area (Å²) in [6, 6.07) is 0. The number of unbranched alkanes of at least 4 members (excludes halogenated alkanes) is 3. The van der Waals surface area contributed by atoms with Crippen molar-refractivity contribution in [3.8, 4) is 0 Å². The van der Waals surface area contributed by atoms with Crippen LogP contribution in [0.1, 0.15) is 46.5 Å². The van der Waals surface area contributed by atoms with Crippen LogP contribution in [0.5, 0.6) is 0 Å². The Hall–Kier alpha value is 0.530. The van der Waals surface area contributed by atoms with E-state index >= 15 is 0 Å². The Kier molecular flexibility index (Phi) is 8.07. The van der Waals surface area contributed by atoms with Gasteiger partial charge in [-0.05, 0) is 32.1 Å². The molecule has 0 saturated heterocycles. The van der Waals surface area contributed by atoms with Gasteiger partial charge in [-0.3, -0.25) is 0 Å². The molecule has 0 heterocycles. The molecule has 0 saturated carbocycles. The molecule has 5 heteroatoms. The average Bonchev–Trinajstić information content (AvgIpc) is 2.01. The van der Waals surface area contributed by atoms with Gasteiger partial charge in [-0.1, -0.05) is 26.2 Å². The van der Waals surface area contributed by atoms with E-state index in [9.17, 15) is 4.89 Å². The van der Waals surface area contributed by atoms with Gasteiger partial charge in [0.2, 0.25) is 0 Å². The SMILES string of the molecule is CCCCCCOP(O)(=S)OC(C)C. The van der Waals surface area contributed by atoms with Crippen molar-refractivity contribution in [2.75, 3.05) is 6.61 Å². The molecule has 0 spiro atoms. The second kappa shape index (κ2) is 7.77. The van der Waals surface area contributed by atoms with Crippen LogP contribution in [0.25, 0.3) is 0 Å². The molecule has 0 aliphatic carbocycles. The van der Waals surface area contributed by atoms with Crippen molar-refractivity contribution in [2.24, 2.45) is 0 Å². The van der Waals surface area contributed by atoms with E-state index in [-0.39, 0.29) is 6.10 Å². The molecule has 0 aliphatic rings. The van der Waals surface area contributed by atoms with Gasteiger partial charge in [0.05, 0.1) is 12.7 Å². The zero-order valence-electron chi connectivity index (χ0n) is 9.23. The van der Waals surface area contributed by atoms with Gasteiger partial charge >= 0.3 is 6.72 Å². The normalized spacial score (nSPS) is 15.8. The highest BCUT2D eigenvalue weighted by Gasteiger charge is 2.16. The smallest absolute Gasteiger partial charge is 0.324 e. The van der Waals surface area contributed by atoms with E-state index in [4.69, 9.17) is 20.9 Å². The molecule has 0 aromatic rings. The summed E-state index contributed by atoms with van der Waals surface area (Å²) in [5.74, 6) is 0. The lowest BCUT2D eigenvalue weighted by atomic mass is 10.2. The lowest BCUT2D eigenvalue weighted by Gasteiger charge is -2.17. The van der Waals surface area contributed by atoms with Crippen LogP contribution < -0.4 is 0 Å². The predicted molar refractivity (Wildman–Crippen MR) is 62.8 cm³/mol. The molecule has 0 aromatic carbocycles. The first-order valence-corrected chi connectivity index (χ1v) is 7.72. The fraction of sp³-hybridized carbons (Fsp3) is 1.00. The van der Waals surface area contributed by atoms with E-state index in [0.717, 1.165) is 12.8 Å². The van der Waals surface area contributed by atoms with Gasteiger partial charge in [-0.2, -0.15) is 0 Å². The van der Waals surface area contributed by atoms with Gasteiger partial charge in [0, 0.05) is 0 Å². The van der Waals surface area contributed by atoms with E-state index in [1.807, 2.05) is 13.8 Å². The van der Waals surface area contributed by atoms with Crippen molar-refractivity contribution in [1.82, 2.24) is 0 Å². The van der Waals surface area contributed by atoms with Crippen LogP contribution in [0.4, 0.5) is 0 Å².